The molecule has 0 fully saturated rings. The van der Waals surface area contributed by atoms with Gasteiger partial charge in [-0.15, -0.1) is 0 Å². The van der Waals surface area contributed by atoms with Crippen LogP contribution in [-0.2, 0) is 0 Å². The van der Waals surface area contributed by atoms with Gasteiger partial charge in [0.2, 0.25) is 0 Å². The lowest BCUT2D eigenvalue weighted by molar-refractivity contribution is 0.0568. The standard InChI is InChI=1S/C11H8F3N3S/c12-7-3-1-6(2-4-7)9-8(10(15)18)5-17(16-9)11(13)14/h1-5,11H,(H2,15,18). The van der Waals surface area contributed by atoms with Crippen molar-refractivity contribution in [2.75, 3.05) is 0 Å². The van der Waals surface area contributed by atoms with Crippen LogP contribution in [0.2, 0.25) is 0 Å². The second kappa shape index (κ2) is 4.77. The number of benzene rings is 1. The van der Waals surface area contributed by atoms with E-state index in [1.165, 1.54) is 24.3 Å². The highest BCUT2D eigenvalue weighted by Gasteiger charge is 2.17. The molecule has 2 aromatic rings. The molecule has 0 bridgehead atoms. The van der Waals surface area contributed by atoms with Gasteiger partial charge in [0.15, 0.2) is 0 Å². The van der Waals surface area contributed by atoms with Crippen molar-refractivity contribution >= 4 is 17.2 Å². The molecule has 1 aromatic heterocycles. The van der Waals surface area contributed by atoms with Crippen molar-refractivity contribution < 1.29 is 13.2 Å². The van der Waals surface area contributed by atoms with E-state index in [9.17, 15) is 13.2 Å². The van der Waals surface area contributed by atoms with Gasteiger partial charge in [0.1, 0.15) is 16.5 Å². The first-order valence-corrected chi connectivity index (χ1v) is 5.33. The van der Waals surface area contributed by atoms with Crippen LogP contribution in [0.1, 0.15) is 12.1 Å². The van der Waals surface area contributed by atoms with E-state index in [0.717, 1.165) is 6.20 Å². The highest BCUT2D eigenvalue weighted by Crippen LogP contribution is 2.24. The quantitative estimate of drug-likeness (QED) is 0.873. The Hall–Kier alpha value is -1.89. The zero-order valence-electron chi connectivity index (χ0n) is 8.98. The van der Waals surface area contributed by atoms with E-state index in [1.807, 2.05) is 0 Å². The average Bonchev–Trinajstić information content (AvgIpc) is 2.75. The fraction of sp³-hybridized carbons (Fsp3) is 0.0909. The molecule has 94 valence electrons. The van der Waals surface area contributed by atoms with Crippen LogP contribution in [0.4, 0.5) is 13.2 Å². The van der Waals surface area contributed by atoms with Crippen LogP contribution in [0.3, 0.4) is 0 Å². The number of thiocarbonyl (C=S) groups is 1. The minimum Gasteiger partial charge on any atom is -0.389 e. The normalized spacial score (nSPS) is 10.9. The largest absolute Gasteiger partial charge is 0.389 e. The van der Waals surface area contributed by atoms with Gasteiger partial charge in [-0.1, -0.05) is 12.2 Å². The van der Waals surface area contributed by atoms with E-state index in [2.05, 4.69) is 5.10 Å². The number of nitrogens with two attached hydrogens (primary N) is 1. The molecule has 1 heterocycles. The van der Waals surface area contributed by atoms with Crippen LogP contribution in [0.15, 0.2) is 30.5 Å². The van der Waals surface area contributed by atoms with Gasteiger partial charge >= 0.3 is 6.55 Å². The van der Waals surface area contributed by atoms with Crippen molar-refractivity contribution in [3.05, 3.63) is 41.8 Å². The van der Waals surface area contributed by atoms with Crippen molar-refractivity contribution in [3.63, 3.8) is 0 Å². The smallest absolute Gasteiger partial charge is 0.333 e. The van der Waals surface area contributed by atoms with E-state index >= 15 is 0 Å². The maximum absolute atomic E-state index is 12.8. The lowest BCUT2D eigenvalue weighted by atomic mass is 10.1. The molecule has 7 heteroatoms. The molecular weight excluding hydrogens is 263 g/mol. The molecule has 1 aromatic carbocycles. The molecule has 0 aliphatic carbocycles. The molecule has 2 N–H and O–H groups in total. The minimum atomic E-state index is -2.78. The van der Waals surface area contributed by atoms with Crippen molar-refractivity contribution in [1.29, 1.82) is 0 Å². The fourth-order valence-electron chi connectivity index (χ4n) is 1.49. The zero-order chi connectivity index (χ0) is 13.3. The second-order valence-corrected chi connectivity index (χ2v) is 3.96. The Bertz CT molecular complexity index is 578. The van der Waals surface area contributed by atoms with E-state index in [0.29, 0.717) is 10.2 Å². The van der Waals surface area contributed by atoms with E-state index in [4.69, 9.17) is 18.0 Å². The monoisotopic (exact) mass is 271 g/mol. The molecule has 0 saturated carbocycles. The third-order valence-corrected chi connectivity index (χ3v) is 2.53. The molecule has 0 unspecified atom stereocenters. The lowest BCUT2D eigenvalue weighted by Gasteiger charge is -2.00. The van der Waals surface area contributed by atoms with Crippen LogP contribution in [-0.4, -0.2) is 14.8 Å². The Balaban J connectivity index is 2.55. The van der Waals surface area contributed by atoms with Crippen molar-refractivity contribution in [1.82, 2.24) is 9.78 Å². The van der Waals surface area contributed by atoms with E-state index in [-0.39, 0.29) is 16.2 Å². The molecule has 0 atom stereocenters. The Morgan fingerprint density at radius 3 is 2.39 bits per heavy atom. The van der Waals surface area contributed by atoms with Gasteiger partial charge < -0.3 is 5.73 Å². The Morgan fingerprint density at radius 1 is 1.28 bits per heavy atom. The van der Waals surface area contributed by atoms with Crippen molar-refractivity contribution in [3.8, 4) is 11.3 Å². The zero-order valence-corrected chi connectivity index (χ0v) is 9.79. The second-order valence-electron chi connectivity index (χ2n) is 3.52. The van der Waals surface area contributed by atoms with Crippen molar-refractivity contribution in [2.24, 2.45) is 5.73 Å². The summed E-state index contributed by atoms with van der Waals surface area (Å²) in [5, 5.41) is 3.71. The molecule has 0 aliphatic rings. The molecule has 0 aliphatic heterocycles. The Morgan fingerprint density at radius 2 is 1.89 bits per heavy atom. The predicted molar refractivity (Wildman–Crippen MR) is 64.8 cm³/mol. The van der Waals surface area contributed by atoms with E-state index in [1.54, 1.807) is 0 Å². The van der Waals surface area contributed by atoms with Crippen LogP contribution >= 0.6 is 12.2 Å². The van der Waals surface area contributed by atoms with E-state index < -0.39 is 12.4 Å². The maximum Gasteiger partial charge on any atom is 0.333 e. The highest BCUT2D eigenvalue weighted by atomic mass is 32.1. The topological polar surface area (TPSA) is 43.8 Å². The van der Waals surface area contributed by atoms with Crippen molar-refractivity contribution in [2.45, 2.75) is 6.55 Å². The van der Waals surface area contributed by atoms with Gasteiger partial charge in [0.25, 0.3) is 0 Å². The number of hydrogen-bond acceptors (Lipinski definition) is 2. The predicted octanol–water partition coefficient (Wildman–Crippen LogP) is 2.72. The summed E-state index contributed by atoms with van der Waals surface area (Å²) in [6.45, 7) is -2.78. The average molecular weight is 271 g/mol. The molecule has 18 heavy (non-hydrogen) atoms. The van der Waals surface area contributed by atoms with Crippen LogP contribution < -0.4 is 5.73 Å². The van der Waals surface area contributed by atoms with Gasteiger partial charge in [-0.3, -0.25) is 0 Å². The maximum atomic E-state index is 12.8. The summed E-state index contributed by atoms with van der Waals surface area (Å²) in [6, 6.07) is 5.27. The SMILES string of the molecule is NC(=S)c1cn(C(F)F)nc1-c1ccc(F)cc1. The lowest BCUT2D eigenvalue weighted by Crippen LogP contribution is -2.09. The summed E-state index contributed by atoms with van der Waals surface area (Å²) in [7, 11) is 0. The van der Waals surface area contributed by atoms with Gasteiger partial charge in [-0.05, 0) is 24.3 Å². The van der Waals surface area contributed by atoms with Crippen LogP contribution in [0.5, 0.6) is 0 Å². The molecule has 2 rings (SSSR count). The number of rotatable bonds is 3. The molecule has 0 radical (unpaired) electrons. The van der Waals surface area contributed by atoms with Gasteiger partial charge in [0.05, 0.1) is 5.56 Å². The number of nitrogens with zero attached hydrogens (tertiary/aromatic N) is 2. The summed E-state index contributed by atoms with van der Waals surface area (Å²) in [6.07, 6.45) is 1.08. The Labute approximate surface area is 106 Å². The van der Waals surface area contributed by atoms with Crippen LogP contribution in [0, 0.1) is 5.82 Å². The van der Waals surface area contributed by atoms with Gasteiger partial charge in [-0.2, -0.15) is 13.9 Å². The molecule has 0 saturated heterocycles. The number of hydrogen-bond donors (Lipinski definition) is 1. The minimum absolute atomic E-state index is 0.0405. The number of aromatic nitrogens is 2. The number of halogens is 3. The highest BCUT2D eigenvalue weighted by molar-refractivity contribution is 7.80. The first-order valence-electron chi connectivity index (χ1n) is 4.92. The summed E-state index contributed by atoms with van der Waals surface area (Å²) in [5.41, 5.74) is 6.37. The molecule has 0 spiro atoms. The molecule has 0 amide bonds. The van der Waals surface area contributed by atoms with Gasteiger partial charge in [0, 0.05) is 11.8 Å². The summed E-state index contributed by atoms with van der Waals surface area (Å²) in [4.78, 5) is -0.0405. The fourth-order valence-corrected chi connectivity index (χ4v) is 1.64. The summed E-state index contributed by atoms with van der Waals surface area (Å²) >= 11 is 4.78. The summed E-state index contributed by atoms with van der Waals surface area (Å²) < 4.78 is 38.4. The summed E-state index contributed by atoms with van der Waals surface area (Å²) in [5.74, 6) is -0.427. The first-order chi connectivity index (χ1) is 8.49. The third kappa shape index (κ3) is 2.35. The number of alkyl halides is 2. The van der Waals surface area contributed by atoms with Gasteiger partial charge in [-0.25, -0.2) is 9.07 Å². The molecular formula is C11H8F3N3S. The first kappa shape index (κ1) is 12.6. The third-order valence-electron chi connectivity index (χ3n) is 2.32. The molecule has 3 nitrogen and oxygen atoms in total. The Kier molecular flexibility index (Phi) is 3.33. The van der Waals surface area contributed by atoms with Crippen LogP contribution in [0.25, 0.3) is 11.3 Å².